The van der Waals surface area contributed by atoms with Crippen LogP contribution in [0.5, 0.6) is 0 Å². The fourth-order valence-electron chi connectivity index (χ4n) is 4.59. The lowest BCUT2D eigenvalue weighted by molar-refractivity contribution is 0.0947. The van der Waals surface area contributed by atoms with E-state index in [-0.39, 0.29) is 11.5 Å². The lowest BCUT2D eigenvalue weighted by Gasteiger charge is -2.35. The van der Waals surface area contributed by atoms with Gasteiger partial charge in [-0.15, -0.1) is 0 Å². The Labute approximate surface area is 227 Å². The Kier molecular flexibility index (Phi) is 10.7. The molecule has 190 valence electrons. The van der Waals surface area contributed by atoms with Crippen LogP contribution in [0.25, 0.3) is 10.9 Å². The van der Waals surface area contributed by atoms with Crippen molar-refractivity contribution in [3.63, 3.8) is 0 Å². The highest BCUT2D eigenvalue weighted by Crippen LogP contribution is 2.19. The third-order valence-corrected chi connectivity index (χ3v) is 8.11. The van der Waals surface area contributed by atoms with Gasteiger partial charge < -0.3 is 15.2 Å². The number of likely N-dealkylation sites (tertiary alicyclic amines) is 1. The predicted octanol–water partition coefficient (Wildman–Crippen LogP) is 6.12. The molecule has 1 amide bonds. The van der Waals surface area contributed by atoms with Gasteiger partial charge in [0.25, 0.3) is 11.5 Å². The van der Waals surface area contributed by atoms with Crippen LogP contribution in [-0.2, 0) is 6.54 Å². The van der Waals surface area contributed by atoms with Crippen LogP contribution in [-0.4, -0.2) is 46.0 Å². The van der Waals surface area contributed by atoms with Crippen LogP contribution in [0.15, 0.2) is 44.3 Å². The highest BCUT2D eigenvalue weighted by Gasteiger charge is 2.20. The molecule has 2 aromatic rings. The largest absolute Gasteiger partial charge is 0.352 e. The molecule has 1 aliphatic heterocycles. The fraction of sp³-hybridized carbons (Fsp3) is 0.519. The number of nitrogens with zero attached hydrogens (tertiary/aromatic N) is 2. The number of nitrogens with one attached hydrogen (secondary N) is 2. The first-order chi connectivity index (χ1) is 16.8. The summed E-state index contributed by atoms with van der Waals surface area (Å²) in [6.07, 6.45) is 11.1. The molecule has 2 N–H and O–H groups in total. The molecular weight excluding hydrogens is 571 g/mol. The molecule has 1 aromatic carbocycles. The molecule has 2 heterocycles. The minimum Gasteiger partial charge on any atom is -0.352 e. The van der Waals surface area contributed by atoms with E-state index >= 15 is 0 Å². The zero-order chi connectivity index (χ0) is 25.4. The summed E-state index contributed by atoms with van der Waals surface area (Å²) in [5.74, 6) is -0.128. The number of allylic oxidation sites excluding steroid dienone is 4. The van der Waals surface area contributed by atoms with Gasteiger partial charge in [0.15, 0.2) is 4.77 Å². The van der Waals surface area contributed by atoms with Crippen molar-refractivity contribution in [1.29, 1.82) is 0 Å². The lowest BCUT2D eigenvalue weighted by Crippen LogP contribution is -2.40. The van der Waals surface area contributed by atoms with Gasteiger partial charge in [0.1, 0.15) is 0 Å². The highest BCUT2D eigenvalue weighted by molar-refractivity contribution is 14.1. The zero-order valence-electron chi connectivity index (χ0n) is 21.0. The first-order valence-corrected chi connectivity index (χ1v) is 14.1. The Morgan fingerprint density at radius 2 is 2.09 bits per heavy atom. The van der Waals surface area contributed by atoms with Gasteiger partial charge in [-0.25, -0.2) is 0 Å². The molecular formula is C27H37IN4O2S. The Balaban J connectivity index is 1.66. The Morgan fingerprint density at radius 1 is 1.29 bits per heavy atom. The van der Waals surface area contributed by atoms with E-state index in [0.717, 1.165) is 31.5 Å². The van der Waals surface area contributed by atoms with Crippen molar-refractivity contribution >= 4 is 51.6 Å². The maximum atomic E-state index is 13.1. The van der Waals surface area contributed by atoms with Crippen molar-refractivity contribution in [2.45, 2.75) is 71.9 Å². The summed E-state index contributed by atoms with van der Waals surface area (Å²) in [5, 5.41) is 3.55. The molecule has 0 spiro atoms. The van der Waals surface area contributed by atoms with Crippen LogP contribution in [0.2, 0.25) is 0 Å². The van der Waals surface area contributed by atoms with E-state index in [4.69, 9.17) is 12.2 Å². The average molecular weight is 609 g/mol. The van der Waals surface area contributed by atoms with Crippen LogP contribution < -0.4 is 10.9 Å². The van der Waals surface area contributed by atoms with E-state index in [0.29, 0.717) is 40.4 Å². The topological polar surface area (TPSA) is 70.1 Å². The quantitative estimate of drug-likeness (QED) is 0.148. The van der Waals surface area contributed by atoms with Crippen molar-refractivity contribution in [2.24, 2.45) is 0 Å². The number of carbonyl (C=O) groups excluding carboxylic acids is 1. The molecule has 0 aliphatic carbocycles. The lowest BCUT2D eigenvalue weighted by atomic mass is 10.00. The van der Waals surface area contributed by atoms with Crippen LogP contribution in [0.4, 0.5) is 0 Å². The molecule has 8 heteroatoms. The first-order valence-electron chi connectivity index (χ1n) is 12.6. The Morgan fingerprint density at radius 3 is 2.83 bits per heavy atom. The SMILES string of the molecule is CC/C(I)=C\C=C(/C)Cn1c(=S)[nH]c2cc(C(=O)NCCCN3CCCCC3CC)ccc2c1=O. The number of amides is 1. The van der Waals surface area contributed by atoms with E-state index in [1.807, 2.05) is 13.0 Å². The number of aromatic amines is 1. The maximum absolute atomic E-state index is 13.1. The number of piperidine rings is 1. The summed E-state index contributed by atoms with van der Waals surface area (Å²) in [5.41, 5.74) is 2.01. The van der Waals surface area contributed by atoms with Gasteiger partial charge in [0.2, 0.25) is 0 Å². The number of hydrogen-bond acceptors (Lipinski definition) is 4. The van der Waals surface area contributed by atoms with E-state index < -0.39 is 0 Å². The third-order valence-electron chi connectivity index (χ3n) is 6.67. The van der Waals surface area contributed by atoms with Crippen molar-refractivity contribution in [3.8, 4) is 0 Å². The highest BCUT2D eigenvalue weighted by atomic mass is 127. The van der Waals surface area contributed by atoms with Crippen LogP contribution >= 0.6 is 34.8 Å². The smallest absolute Gasteiger partial charge is 0.262 e. The molecule has 1 aromatic heterocycles. The average Bonchev–Trinajstić information content (AvgIpc) is 2.87. The van der Waals surface area contributed by atoms with Crippen LogP contribution in [0.3, 0.4) is 0 Å². The molecule has 1 fully saturated rings. The molecule has 35 heavy (non-hydrogen) atoms. The summed E-state index contributed by atoms with van der Waals surface area (Å²) in [6, 6.07) is 5.84. The first kappa shape index (κ1) is 27.8. The second kappa shape index (κ2) is 13.5. The van der Waals surface area contributed by atoms with Crippen molar-refractivity contribution in [3.05, 3.63) is 60.2 Å². The molecule has 1 saturated heterocycles. The molecule has 1 aliphatic rings. The second-order valence-electron chi connectivity index (χ2n) is 9.27. The van der Waals surface area contributed by atoms with Crippen LogP contribution in [0.1, 0.15) is 69.7 Å². The fourth-order valence-corrected chi connectivity index (χ4v) is 5.03. The van der Waals surface area contributed by atoms with Gasteiger partial charge in [-0.3, -0.25) is 14.2 Å². The number of halogens is 1. The van der Waals surface area contributed by atoms with Gasteiger partial charge in [-0.05, 0) is 102 Å². The second-order valence-corrected chi connectivity index (χ2v) is 11.0. The zero-order valence-corrected chi connectivity index (χ0v) is 24.0. The molecule has 0 radical (unpaired) electrons. The van der Waals surface area contributed by atoms with Gasteiger partial charge in [0, 0.05) is 31.2 Å². The van der Waals surface area contributed by atoms with Crippen molar-refractivity contribution in [2.75, 3.05) is 19.6 Å². The van der Waals surface area contributed by atoms with E-state index in [2.05, 4.69) is 57.7 Å². The van der Waals surface area contributed by atoms with E-state index in [1.54, 1.807) is 22.8 Å². The monoisotopic (exact) mass is 608 g/mol. The number of carbonyl (C=O) groups is 1. The number of benzene rings is 1. The number of hydrogen-bond donors (Lipinski definition) is 2. The van der Waals surface area contributed by atoms with Gasteiger partial charge in [0.05, 0.1) is 10.9 Å². The summed E-state index contributed by atoms with van der Waals surface area (Å²) in [4.78, 5) is 31.5. The van der Waals surface area contributed by atoms with Gasteiger partial charge in [-0.1, -0.05) is 38.0 Å². The van der Waals surface area contributed by atoms with Crippen molar-refractivity contribution in [1.82, 2.24) is 19.8 Å². The van der Waals surface area contributed by atoms with Gasteiger partial charge >= 0.3 is 0 Å². The maximum Gasteiger partial charge on any atom is 0.262 e. The van der Waals surface area contributed by atoms with E-state index in [1.165, 1.54) is 29.3 Å². The number of aromatic nitrogens is 2. The number of fused-ring (bicyclic) bond motifs is 1. The molecule has 0 saturated carbocycles. The number of H-pyrrole nitrogens is 1. The Bertz CT molecular complexity index is 1210. The number of rotatable bonds is 10. The van der Waals surface area contributed by atoms with E-state index in [9.17, 15) is 9.59 Å². The van der Waals surface area contributed by atoms with Crippen molar-refractivity contribution < 1.29 is 4.79 Å². The van der Waals surface area contributed by atoms with Gasteiger partial charge in [-0.2, -0.15) is 0 Å². The van der Waals surface area contributed by atoms with Crippen LogP contribution in [0, 0.1) is 4.77 Å². The summed E-state index contributed by atoms with van der Waals surface area (Å²) < 4.78 is 3.18. The standard InChI is InChI=1S/C27H37IN4O2S/c1-4-21(28)12-10-19(3)18-32-26(34)23-13-11-20(17-24(23)30-27(32)35)25(33)29-14-8-16-31-15-7-6-9-22(31)5-2/h10-13,17,22H,4-9,14-16,18H2,1-3H3,(H,29,33)(H,30,35)/b19-10+,21-12+. The normalized spacial score (nSPS) is 17.7. The summed E-state index contributed by atoms with van der Waals surface area (Å²) in [7, 11) is 0. The molecule has 6 nitrogen and oxygen atoms in total. The summed E-state index contributed by atoms with van der Waals surface area (Å²) >= 11 is 7.79. The summed E-state index contributed by atoms with van der Waals surface area (Å²) in [6.45, 7) is 9.60. The molecule has 1 unspecified atom stereocenters. The Hall–Kier alpha value is -1.78. The molecule has 3 rings (SSSR count). The molecule has 0 bridgehead atoms. The minimum absolute atomic E-state index is 0.128. The third kappa shape index (κ3) is 7.60. The minimum atomic E-state index is -0.148. The molecule has 1 atom stereocenters. The predicted molar refractivity (Wildman–Crippen MR) is 156 cm³/mol.